The highest BCUT2D eigenvalue weighted by Gasteiger charge is 2.47. The largest absolute Gasteiger partial charge is 0.484 e. The molecule has 0 saturated carbocycles. The van der Waals surface area contributed by atoms with E-state index in [0.717, 1.165) is 5.56 Å². The summed E-state index contributed by atoms with van der Waals surface area (Å²) in [6.45, 7) is 2.51. The first-order valence-corrected chi connectivity index (χ1v) is 12.6. The van der Waals surface area contributed by atoms with Gasteiger partial charge in [0, 0.05) is 23.0 Å². The molecule has 2 amide bonds. The second-order valence-electron chi connectivity index (χ2n) is 9.20. The van der Waals surface area contributed by atoms with E-state index < -0.39 is 54.5 Å². The Morgan fingerprint density at radius 1 is 1.08 bits per heavy atom. The fraction of sp³-hybridized carbons (Fsp3) is 0.423. The van der Waals surface area contributed by atoms with Gasteiger partial charge in [-0.05, 0) is 29.7 Å². The van der Waals surface area contributed by atoms with Gasteiger partial charge in [-0.25, -0.2) is 0 Å². The number of halogens is 5. The van der Waals surface area contributed by atoms with Crippen molar-refractivity contribution >= 4 is 40.8 Å². The average molecular weight is 575 g/mol. The summed E-state index contributed by atoms with van der Waals surface area (Å²) in [4.78, 5) is 39.3. The van der Waals surface area contributed by atoms with Crippen molar-refractivity contribution in [1.29, 1.82) is 0 Å². The summed E-state index contributed by atoms with van der Waals surface area (Å²) in [5.74, 6) is -4.15. The first-order chi connectivity index (χ1) is 17.8. The molecule has 0 radical (unpaired) electrons. The molecule has 1 aliphatic rings. The van der Waals surface area contributed by atoms with Gasteiger partial charge < -0.3 is 19.7 Å². The number of amides is 2. The summed E-state index contributed by atoms with van der Waals surface area (Å²) < 4.78 is 50.7. The summed E-state index contributed by atoms with van der Waals surface area (Å²) in [5, 5.41) is 2.79. The molecule has 0 unspecified atom stereocenters. The first-order valence-electron chi connectivity index (χ1n) is 11.8. The molecule has 1 saturated heterocycles. The van der Waals surface area contributed by atoms with E-state index in [0.29, 0.717) is 10.0 Å². The van der Waals surface area contributed by atoms with Crippen LogP contribution in [0.2, 0.25) is 10.0 Å². The van der Waals surface area contributed by atoms with Crippen LogP contribution in [-0.4, -0.2) is 60.0 Å². The van der Waals surface area contributed by atoms with Gasteiger partial charge in [0.2, 0.25) is 5.91 Å². The molecule has 2 aromatic carbocycles. The van der Waals surface area contributed by atoms with Crippen molar-refractivity contribution < 1.29 is 37.0 Å². The average Bonchev–Trinajstić information content (AvgIpc) is 3.28. The maximum absolute atomic E-state index is 13.1. The fourth-order valence-corrected chi connectivity index (χ4v) is 4.54. The minimum absolute atomic E-state index is 0.00295. The molecule has 2 aromatic rings. The third kappa shape index (κ3) is 8.09. The van der Waals surface area contributed by atoms with Crippen molar-refractivity contribution in [3.63, 3.8) is 0 Å². The molecule has 0 aliphatic carbocycles. The van der Waals surface area contributed by atoms with Crippen molar-refractivity contribution in [1.82, 2.24) is 10.2 Å². The van der Waals surface area contributed by atoms with Crippen LogP contribution in [0.5, 0.6) is 5.75 Å². The van der Waals surface area contributed by atoms with E-state index in [1.807, 2.05) is 30.3 Å². The molecule has 1 fully saturated rings. The topological polar surface area (TPSA) is 84.9 Å². The molecule has 7 nitrogen and oxygen atoms in total. The van der Waals surface area contributed by atoms with Crippen molar-refractivity contribution in [2.45, 2.75) is 51.2 Å². The van der Waals surface area contributed by atoms with Crippen LogP contribution in [0.3, 0.4) is 0 Å². The Labute approximate surface area is 228 Å². The molecule has 3 atom stereocenters. The van der Waals surface area contributed by atoms with Crippen molar-refractivity contribution in [3.05, 3.63) is 64.1 Å². The second-order valence-corrected chi connectivity index (χ2v) is 10.1. The molecule has 1 N–H and O–H groups in total. The van der Waals surface area contributed by atoms with E-state index in [1.165, 1.54) is 36.9 Å². The number of benzene rings is 2. The van der Waals surface area contributed by atoms with Gasteiger partial charge >= 0.3 is 6.18 Å². The fourth-order valence-electron chi connectivity index (χ4n) is 4.03. The monoisotopic (exact) mass is 574 g/mol. The van der Waals surface area contributed by atoms with E-state index in [4.69, 9.17) is 32.7 Å². The number of ether oxygens (including phenoxy) is 2. The Morgan fingerprint density at radius 2 is 1.71 bits per heavy atom. The van der Waals surface area contributed by atoms with Crippen LogP contribution >= 0.6 is 23.2 Å². The zero-order chi connectivity index (χ0) is 28.0. The number of Topliss-reactive ketones (excluding diaryl/α,β-unsaturated/α-hetero) is 1. The molecule has 38 heavy (non-hydrogen) atoms. The van der Waals surface area contributed by atoms with E-state index in [-0.39, 0.29) is 25.3 Å². The van der Waals surface area contributed by atoms with Gasteiger partial charge in [-0.3, -0.25) is 14.4 Å². The molecule has 0 spiro atoms. The molecule has 0 aromatic heterocycles. The maximum atomic E-state index is 13.1. The Morgan fingerprint density at radius 3 is 2.29 bits per heavy atom. The van der Waals surface area contributed by atoms with Crippen molar-refractivity contribution in [2.24, 2.45) is 5.92 Å². The zero-order valence-corrected chi connectivity index (χ0v) is 22.1. The normalized spacial score (nSPS) is 18.4. The number of hydrogen-bond acceptors (Lipinski definition) is 5. The SMILES string of the molecule is CC(C)[C@H](NC(=O)[C@@H]1C[C@@H](OCc2ccccc2)CN1C(=O)COc1cc(Cl)cc(Cl)c1)C(=O)C(F)(F)F. The predicted molar refractivity (Wildman–Crippen MR) is 135 cm³/mol. The summed E-state index contributed by atoms with van der Waals surface area (Å²) in [5.41, 5.74) is 0.870. The van der Waals surface area contributed by atoms with Crippen LogP contribution in [-0.2, 0) is 25.7 Å². The van der Waals surface area contributed by atoms with Gasteiger partial charge in [-0.1, -0.05) is 67.4 Å². The number of hydrogen-bond donors (Lipinski definition) is 1. The molecular formula is C26H27Cl2F3N2O5. The lowest BCUT2D eigenvalue weighted by Gasteiger charge is -2.27. The third-order valence-electron chi connectivity index (χ3n) is 5.94. The smallest absolute Gasteiger partial charge is 0.452 e. The predicted octanol–water partition coefficient (Wildman–Crippen LogP) is 4.83. The van der Waals surface area contributed by atoms with Gasteiger partial charge in [0.15, 0.2) is 6.61 Å². The van der Waals surface area contributed by atoms with Gasteiger partial charge in [0.25, 0.3) is 11.7 Å². The summed E-state index contributed by atoms with van der Waals surface area (Å²) in [6, 6.07) is 10.6. The number of ketones is 1. The van der Waals surface area contributed by atoms with E-state index >= 15 is 0 Å². The van der Waals surface area contributed by atoms with Crippen LogP contribution < -0.4 is 10.1 Å². The standard InChI is InChI=1S/C26H27Cl2F3N2O5/c1-15(2)23(24(35)26(29,30)31)32-25(36)21-11-20(37-13-16-6-4-3-5-7-16)12-33(21)22(34)14-38-19-9-17(27)8-18(28)10-19/h3-10,15,20-21,23H,11-14H2,1-2H3,(H,32,36)/t20-,21+,23+/m1/s1. The maximum Gasteiger partial charge on any atom is 0.452 e. The molecular weight excluding hydrogens is 548 g/mol. The van der Waals surface area contributed by atoms with Gasteiger partial charge in [0.05, 0.1) is 18.8 Å². The number of likely N-dealkylation sites (tertiary alicyclic amines) is 1. The van der Waals surface area contributed by atoms with Crippen LogP contribution in [0.25, 0.3) is 0 Å². The van der Waals surface area contributed by atoms with Crippen LogP contribution in [0.1, 0.15) is 25.8 Å². The molecule has 206 valence electrons. The molecule has 1 aliphatic heterocycles. The second kappa shape index (κ2) is 12.8. The highest BCUT2D eigenvalue weighted by Crippen LogP contribution is 2.27. The van der Waals surface area contributed by atoms with Crippen LogP contribution in [0.4, 0.5) is 13.2 Å². The van der Waals surface area contributed by atoms with Gasteiger partial charge in [-0.15, -0.1) is 0 Å². The number of alkyl halides is 3. The number of nitrogens with one attached hydrogen (secondary N) is 1. The summed E-state index contributed by atoms with van der Waals surface area (Å²) in [7, 11) is 0. The quantitative estimate of drug-likeness (QED) is 0.439. The number of carbonyl (C=O) groups excluding carboxylic acids is 3. The van der Waals surface area contributed by atoms with Crippen molar-refractivity contribution in [3.8, 4) is 5.75 Å². The lowest BCUT2D eigenvalue weighted by Crippen LogP contribution is -2.55. The highest BCUT2D eigenvalue weighted by molar-refractivity contribution is 6.34. The summed E-state index contributed by atoms with van der Waals surface area (Å²) >= 11 is 11.9. The molecule has 1 heterocycles. The van der Waals surface area contributed by atoms with Crippen molar-refractivity contribution in [2.75, 3.05) is 13.2 Å². The lowest BCUT2D eigenvalue weighted by molar-refractivity contribution is -0.175. The minimum Gasteiger partial charge on any atom is -0.484 e. The van der Waals surface area contributed by atoms with E-state index in [1.54, 1.807) is 0 Å². The Hall–Kier alpha value is -2.82. The molecule has 12 heteroatoms. The molecule has 0 bridgehead atoms. The van der Waals surface area contributed by atoms with E-state index in [9.17, 15) is 27.6 Å². The number of nitrogens with zero attached hydrogens (tertiary/aromatic N) is 1. The Bertz CT molecular complexity index is 1130. The zero-order valence-electron chi connectivity index (χ0n) is 20.6. The van der Waals surface area contributed by atoms with Gasteiger partial charge in [-0.2, -0.15) is 13.2 Å². The number of rotatable bonds is 10. The summed E-state index contributed by atoms with van der Waals surface area (Å²) in [6.07, 6.45) is -5.68. The highest BCUT2D eigenvalue weighted by atomic mass is 35.5. The van der Waals surface area contributed by atoms with E-state index in [2.05, 4.69) is 5.32 Å². The lowest BCUT2D eigenvalue weighted by atomic mass is 9.98. The Kier molecular flexibility index (Phi) is 10.0. The Balaban J connectivity index is 1.75. The van der Waals surface area contributed by atoms with Crippen LogP contribution in [0.15, 0.2) is 48.5 Å². The van der Waals surface area contributed by atoms with Gasteiger partial charge in [0.1, 0.15) is 11.8 Å². The third-order valence-corrected chi connectivity index (χ3v) is 6.38. The number of carbonyl (C=O) groups is 3. The minimum atomic E-state index is -5.12. The molecule has 3 rings (SSSR count). The van der Waals surface area contributed by atoms with Crippen LogP contribution in [0, 0.1) is 5.92 Å². The first kappa shape index (κ1) is 29.7.